The summed E-state index contributed by atoms with van der Waals surface area (Å²) in [5, 5.41) is 1.24. The van der Waals surface area contributed by atoms with Crippen LogP contribution in [0.2, 0.25) is 0 Å². The van der Waals surface area contributed by atoms with E-state index in [1.807, 2.05) is 24.4 Å². The first-order chi connectivity index (χ1) is 14.8. The summed E-state index contributed by atoms with van der Waals surface area (Å²) in [7, 11) is 0. The number of aromatic nitrogens is 2. The third-order valence-electron chi connectivity index (χ3n) is 6.10. The summed E-state index contributed by atoms with van der Waals surface area (Å²) in [6, 6.07) is 7.53. The Labute approximate surface area is 185 Å². The van der Waals surface area contributed by atoms with Gasteiger partial charge in [-0.25, -0.2) is 4.39 Å². The number of benzene rings is 1. The molecule has 0 N–H and O–H groups in total. The van der Waals surface area contributed by atoms with E-state index in [4.69, 9.17) is 0 Å². The van der Waals surface area contributed by atoms with Gasteiger partial charge in [0, 0.05) is 24.5 Å². The van der Waals surface area contributed by atoms with E-state index in [9.17, 15) is 4.79 Å². The molecule has 0 radical (unpaired) electrons. The van der Waals surface area contributed by atoms with E-state index in [0.717, 1.165) is 29.7 Å². The Morgan fingerprint density at radius 1 is 1.03 bits per heavy atom. The molecule has 0 fully saturated rings. The third kappa shape index (κ3) is 5.41. The predicted molar refractivity (Wildman–Crippen MR) is 128 cm³/mol. The van der Waals surface area contributed by atoms with E-state index in [2.05, 4.69) is 32.7 Å². The highest BCUT2D eigenvalue weighted by Gasteiger charge is 2.16. The second-order valence-corrected chi connectivity index (χ2v) is 9.37. The number of hydrogen-bond donors (Lipinski definition) is 0. The van der Waals surface area contributed by atoms with Crippen LogP contribution >= 0.6 is 0 Å². The molecule has 2 aromatic heterocycles. The Kier molecular flexibility index (Phi) is 7.64. The number of pyridine rings is 2. The number of halogens is 1. The number of aryl methyl sites for hydroxylation is 2. The summed E-state index contributed by atoms with van der Waals surface area (Å²) in [4.78, 5) is 17.5. The molecule has 3 nitrogen and oxygen atoms in total. The highest BCUT2D eigenvalue weighted by molar-refractivity contribution is 5.89. The number of hydrogen-bond acceptors (Lipinski definition) is 2. The highest BCUT2D eigenvalue weighted by atomic mass is 19.1. The van der Waals surface area contributed by atoms with Crippen LogP contribution in [0.25, 0.3) is 22.0 Å². The molecule has 2 heterocycles. The number of unbranched alkanes of at least 4 members (excludes halogenated alkanes) is 3. The van der Waals surface area contributed by atoms with Crippen LogP contribution in [-0.2, 0) is 6.54 Å². The zero-order valence-corrected chi connectivity index (χ0v) is 19.5. The summed E-state index contributed by atoms with van der Waals surface area (Å²) in [6.07, 6.45) is 9.42. The van der Waals surface area contributed by atoms with E-state index < -0.39 is 0 Å². The van der Waals surface area contributed by atoms with Crippen molar-refractivity contribution >= 4 is 10.8 Å². The zero-order chi connectivity index (χ0) is 22.5. The topological polar surface area (TPSA) is 34.9 Å². The van der Waals surface area contributed by atoms with Gasteiger partial charge in [0.15, 0.2) is 0 Å². The van der Waals surface area contributed by atoms with Gasteiger partial charge >= 0.3 is 0 Å². The largest absolute Gasteiger partial charge is 0.315 e. The molecule has 0 saturated heterocycles. The SMILES string of the molecule is Cc1c(F)c(-c2ccc(C(C)C)cn2)cc2ccn(CCCCCCC(C)C)c(=O)c12. The van der Waals surface area contributed by atoms with Crippen molar-refractivity contribution in [1.82, 2.24) is 9.55 Å². The Balaban J connectivity index is 1.83. The molecule has 3 aromatic rings. The van der Waals surface area contributed by atoms with Gasteiger partial charge in [0.1, 0.15) is 5.82 Å². The fourth-order valence-corrected chi connectivity index (χ4v) is 4.07. The summed E-state index contributed by atoms with van der Waals surface area (Å²) < 4.78 is 17.0. The maximum absolute atomic E-state index is 15.3. The maximum Gasteiger partial charge on any atom is 0.258 e. The minimum atomic E-state index is -0.360. The molecule has 0 unspecified atom stereocenters. The van der Waals surface area contributed by atoms with Crippen LogP contribution in [0, 0.1) is 18.7 Å². The zero-order valence-electron chi connectivity index (χ0n) is 19.5. The molecular formula is C27H35FN2O. The van der Waals surface area contributed by atoms with Crippen molar-refractivity contribution < 1.29 is 4.39 Å². The van der Waals surface area contributed by atoms with Gasteiger partial charge in [0.05, 0.1) is 11.1 Å². The van der Waals surface area contributed by atoms with E-state index in [1.54, 1.807) is 23.8 Å². The van der Waals surface area contributed by atoms with E-state index >= 15 is 4.39 Å². The molecule has 1 aromatic carbocycles. The van der Waals surface area contributed by atoms with Crippen molar-refractivity contribution in [3.8, 4) is 11.3 Å². The minimum absolute atomic E-state index is 0.106. The minimum Gasteiger partial charge on any atom is -0.315 e. The van der Waals surface area contributed by atoms with Crippen molar-refractivity contribution in [1.29, 1.82) is 0 Å². The monoisotopic (exact) mass is 422 g/mol. The van der Waals surface area contributed by atoms with Gasteiger partial charge in [-0.2, -0.15) is 0 Å². The van der Waals surface area contributed by atoms with Crippen LogP contribution in [-0.4, -0.2) is 9.55 Å². The Morgan fingerprint density at radius 3 is 2.42 bits per heavy atom. The molecular weight excluding hydrogens is 387 g/mol. The lowest BCUT2D eigenvalue weighted by Gasteiger charge is -2.13. The van der Waals surface area contributed by atoms with Gasteiger partial charge in [-0.05, 0) is 59.9 Å². The van der Waals surface area contributed by atoms with Gasteiger partial charge < -0.3 is 4.57 Å². The summed E-state index contributed by atoms with van der Waals surface area (Å²) in [5.74, 6) is 0.758. The molecule has 0 spiro atoms. The summed E-state index contributed by atoms with van der Waals surface area (Å²) in [5.41, 5.74) is 2.46. The lowest BCUT2D eigenvalue weighted by atomic mass is 9.99. The number of nitrogens with zero attached hydrogens (tertiary/aromatic N) is 2. The lowest BCUT2D eigenvalue weighted by Crippen LogP contribution is -2.20. The molecule has 3 rings (SSSR count). The first kappa shape index (κ1) is 23.2. The van der Waals surface area contributed by atoms with Crippen LogP contribution in [0.4, 0.5) is 4.39 Å². The van der Waals surface area contributed by atoms with Gasteiger partial charge in [0.2, 0.25) is 0 Å². The molecule has 0 aliphatic heterocycles. The summed E-state index contributed by atoms with van der Waals surface area (Å²) >= 11 is 0. The molecule has 0 bridgehead atoms. The molecule has 4 heteroatoms. The van der Waals surface area contributed by atoms with E-state index in [1.165, 1.54) is 19.3 Å². The normalized spacial score (nSPS) is 11.7. The van der Waals surface area contributed by atoms with Crippen LogP contribution in [0.5, 0.6) is 0 Å². The Bertz CT molecular complexity index is 1080. The third-order valence-corrected chi connectivity index (χ3v) is 6.10. The van der Waals surface area contributed by atoms with E-state index in [0.29, 0.717) is 34.7 Å². The van der Waals surface area contributed by atoms with Crippen molar-refractivity contribution in [3.63, 3.8) is 0 Å². The number of rotatable bonds is 9. The van der Waals surface area contributed by atoms with Crippen molar-refractivity contribution in [2.75, 3.05) is 0 Å². The molecule has 0 saturated carbocycles. The first-order valence-corrected chi connectivity index (χ1v) is 11.6. The van der Waals surface area contributed by atoms with Crippen molar-refractivity contribution in [3.05, 3.63) is 64.0 Å². The molecule has 0 atom stereocenters. The van der Waals surface area contributed by atoms with Crippen LogP contribution < -0.4 is 5.56 Å². The second-order valence-electron chi connectivity index (χ2n) is 9.37. The highest BCUT2D eigenvalue weighted by Crippen LogP contribution is 2.29. The molecule has 31 heavy (non-hydrogen) atoms. The van der Waals surface area contributed by atoms with Gasteiger partial charge in [0.25, 0.3) is 5.56 Å². The lowest BCUT2D eigenvalue weighted by molar-refractivity contribution is 0.503. The van der Waals surface area contributed by atoms with Crippen LogP contribution in [0.15, 0.2) is 41.5 Å². The van der Waals surface area contributed by atoms with Crippen LogP contribution in [0.3, 0.4) is 0 Å². The molecule has 0 aliphatic rings. The quantitative estimate of drug-likeness (QED) is 0.341. The molecule has 0 aliphatic carbocycles. The predicted octanol–water partition coefficient (Wildman–Crippen LogP) is 7.24. The molecule has 0 amide bonds. The average molecular weight is 423 g/mol. The first-order valence-electron chi connectivity index (χ1n) is 11.6. The number of fused-ring (bicyclic) bond motifs is 1. The van der Waals surface area contributed by atoms with Crippen molar-refractivity contribution in [2.45, 2.75) is 79.2 Å². The smallest absolute Gasteiger partial charge is 0.258 e. The summed E-state index contributed by atoms with van der Waals surface area (Å²) in [6.45, 7) is 11.1. The fraction of sp³-hybridized carbons (Fsp3) is 0.481. The second kappa shape index (κ2) is 10.2. The van der Waals surface area contributed by atoms with Gasteiger partial charge in [-0.1, -0.05) is 59.4 Å². The average Bonchev–Trinajstić information content (AvgIpc) is 2.74. The van der Waals surface area contributed by atoms with Gasteiger partial charge in [-0.15, -0.1) is 0 Å². The maximum atomic E-state index is 15.3. The standard InChI is InChI=1S/C27H35FN2O/c1-18(2)10-8-6-7-9-14-30-15-13-21-16-23(26(28)20(5)25(21)27(30)31)24-12-11-22(17-29-24)19(3)4/h11-13,15-19H,6-10,14H2,1-5H3. The van der Waals surface area contributed by atoms with E-state index in [-0.39, 0.29) is 11.4 Å². The Hall–Kier alpha value is -2.49. The molecule has 166 valence electrons. The Morgan fingerprint density at radius 2 is 1.77 bits per heavy atom. The van der Waals surface area contributed by atoms with Crippen LogP contribution in [0.1, 0.15) is 76.8 Å². The van der Waals surface area contributed by atoms with Crippen molar-refractivity contribution in [2.24, 2.45) is 5.92 Å². The van der Waals surface area contributed by atoms with Gasteiger partial charge in [-0.3, -0.25) is 9.78 Å². The fourth-order valence-electron chi connectivity index (χ4n) is 4.07.